The zero-order valence-electron chi connectivity index (χ0n) is 6.55. The van der Waals surface area contributed by atoms with Gasteiger partial charge in [0, 0.05) is 4.88 Å². The molecule has 1 heterocycles. The average Bonchev–Trinajstić information content (AvgIpc) is 2.55. The lowest BCUT2D eigenvalue weighted by Crippen LogP contribution is -1.73. The fourth-order valence-corrected chi connectivity index (χ4v) is 2.36. The molecule has 0 aliphatic heterocycles. The van der Waals surface area contributed by atoms with Crippen molar-refractivity contribution in [2.24, 2.45) is 0 Å². The minimum Gasteiger partial charge on any atom is -0.505 e. The van der Waals surface area contributed by atoms with Crippen LogP contribution in [0.1, 0.15) is 4.88 Å². The van der Waals surface area contributed by atoms with Crippen LogP contribution in [0.4, 0.5) is 4.39 Å². The highest BCUT2D eigenvalue weighted by atomic mass is 35.5. The summed E-state index contributed by atoms with van der Waals surface area (Å²) in [5, 5.41) is 9.89. The second-order valence-electron chi connectivity index (χ2n) is 2.66. The van der Waals surface area contributed by atoms with Gasteiger partial charge in [-0.05, 0) is 23.6 Å². The van der Waals surface area contributed by atoms with Gasteiger partial charge in [0.05, 0.1) is 10.6 Å². The van der Waals surface area contributed by atoms with E-state index in [1.54, 1.807) is 6.07 Å². The fourth-order valence-electron chi connectivity index (χ4n) is 1.18. The summed E-state index contributed by atoms with van der Waals surface area (Å²) in [5.74, 6) is -0.492. The minimum absolute atomic E-state index is 0.310. The minimum atomic E-state index is -0.557. The van der Waals surface area contributed by atoms with E-state index in [0.717, 1.165) is 10.3 Å². The van der Waals surface area contributed by atoms with Crippen molar-refractivity contribution in [1.82, 2.24) is 0 Å². The van der Waals surface area contributed by atoms with Gasteiger partial charge in [-0.15, -0.1) is 22.9 Å². The maximum absolute atomic E-state index is 13.3. The number of aromatic hydroxyl groups is 1. The lowest BCUT2D eigenvalue weighted by Gasteiger charge is -1.94. The molecule has 0 unspecified atom stereocenters. The third-order valence-corrected chi connectivity index (χ3v) is 3.38. The number of hydrogen-bond acceptors (Lipinski definition) is 2. The first-order valence-corrected chi connectivity index (χ1v) is 5.03. The molecule has 1 nitrogen and oxygen atoms in total. The van der Waals surface area contributed by atoms with Gasteiger partial charge in [-0.3, -0.25) is 0 Å². The molecule has 0 saturated carbocycles. The van der Waals surface area contributed by atoms with Crippen LogP contribution in [0.25, 0.3) is 10.1 Å². The molecular weight excluding hydrogens is 211 g/mol. The van der Waals surface area contributed by atoms with Crippen molar-refractivity contribution in [1.29, 1.82) is 0 Å². The molecule has 2 aromatic rings. The zero-order valence-corrected chi connectivity index (χ0v) is 8.12. The molecule has 1 N–H and O–H groups in total. The topological polar surface area (TPSA) is 20.2 Å². The number of alkyl halides is 1. The SMILES string of the molecule is Oc1ccc2cc(CCl)sc2c1F. The highest BCUT2D eigenvalue weighted by Crippen LogP contribution is 2.32. The Morgan fingerprint density at radius 1 is 1.46 bits per heavy atom. The van der Waals surface area contributed by atoms with Crippen LogP contribution in [0.2, 0.25) is 0 Å². The number of phenols is 1. The maximum Gasteiger partial charge on any atom is 0.182 e. The Bertz CT molecular complexity index is 452. The van der Waals surface area contributed by atoms with Gasteiger partial charge in [0.25, 0.3) is 0 Å². The second-order valence-corrected chi connectivity index (χ2v) is 4.07. The lowest BCUT2D eigenvalue weighted by atomic mass is 10.2. The van der Waals surface area contributed by atoms with E-state index in [-0.39, 0.29) is 5.75 Å². The zero-order chi connectivity index (χ0) is 9.42. The van der Waals surface area contributed by atoms with Gasteiger partial charge in [0.2, 0.25) is 0 Å². The molecule has 0 atom stereocenters. The van der Waals surface area contributed by atoms with E-state index in [1.807, 2.05) is 6.07 Å². The van der Waals surface area contributed by atoms with Crippen LogP contribution in [0.15, 0.2) is 18.2 Å². The third-order valence-electron chi connectivity index (χ3n) is 1.79. The van der Waals surface area contributed by atoms with Gasteiger partial charge < -0.3 is 5.11 Å². The first kappa shape index (κ1) is 8.78. The number of phenolic OH excluding ortho intramolecular Hbond substituents is 1. The molecule has 1 aromatic heterocycles. The average molecular weight is 217 g/mol. The molecule has 1 aromatic carbocycles. The highest BCUT2D eigenvalue weighted by molar-refractivity contribution is 7.19. The Hall–Kier alpha value is -0.800. The van der Waals surface area contributed by atoms with E-state index in [9.17, 15) is 4.39 Å². The van der Waals surface area contributed by atoms with Gasteiger partial charge >= 0.3 is 0 Å². The van der Waals surface area contributed by atoms with E-state index >= 15 is 0 Å². The van der Waals surface area contributed by atoms with Crippen LogP contribution in [0.3, 0.4) is 0 Å². The molecular formula is C9H6ClFOS. The van der Waals surface area contributed by atoms with Crippen molar-refractivity contribution in [3.8, 4) is 5.75 Å². The number of fused-ring (bicyclic) bond motifs is 1. The molecule has 13 heavy (non-hydrogen) atoms. The van der Waals surface area contributed by atoms with Crippen LogP contribution in [0, 0.1) is 5.82 Å². The van der Waals surface area contributed by atoms with E-state index < -0.39 is 5.82 Å². The monoisotopic (exact) mass is 216 g/mol. The van der Waals surface area contributed by atoms with Crippen LogP contribution in [-0.4, -0.2) is 5.11 Å². The molecule has 0 amide bonds. The summed E-state index contributed by atoms with van der Waals surface area (Å²) in [6.45, 7) is 0. The summed E-state index contributed by atoms with van der Waals surface area (Å²) in [7, 11) is 0. The van der Waals surface area contributed by atoms with Crippen LogP contribution in [0.5, 0.6) is 5.75 Å². The normalized spacial score (nSPS) is 10.9. The molecule has 2 rings (SSSR count). The van der Waals surface area contributed by atoms with Gasteiger partial charge in [0.15, 0.2) is 11.6 Å². The molecule has 68 valence electrons. The van der Waals surface area contributed by atoms with Crippen LogP contribution >= 0.6 is 22.9 Å². The Labute approximate surface area is 83.4 Å². The largest absolute Gasteiger partial charge is 0.505 e. The first-order valence-electron chi connectivity index (χ1n) is 3.68. The maximum atomic E-state index is 13.3. The predicted molar refractivity (Wildman–Crippen MR) is 53.0 cm³/mol. The molecule has 0 saturated heterocycles. The smallest absolute Gasteiger partial charge is 0.182 e. The summed E-state index contributed by atoms with van der Waals surface area (Å²) >= 11 is 6.89. The fraction of sp³-hybridized carbons (Fsp3) is 0.111. The van der Waals surface area contributed by atoms with Gasteiger partial charge in [-0.2, -0.15) is 0 Å². The molecule has 0 aliphatic carbocycles. The molecule has 0 spiro atoms. The van der Waals surface area contributed by atoms with Crippen molar-refractivity contribution < 1.29 is 9.50 Å². The predicted octanol–water partition coefficient (Wildman–Crippen LogP) is 3.48. The molecule has 4 heteroatoms. The van der Waals surface area contributed by atoms with Gasteiger partial charge in [-0.1, -0.05) is 0 Å². The van der Waals surface area contributed by atoms with E-state index in [0.29, 0.717) is 10.6 Å². The van der Waals surface area contributed by atoms with Gasteiger partial charge in [0.1, 0.15) is 0 Å². The number of rotatable bonds is 1. The Morgan fingerprint density at radius 3 is 2.92 bits per heavy atom. The summed E-state index contributed by atoms with van der Waals surface area (Å²) in [6, 6.07) is 4.86. The summed E-state index contributed by atoms with van der Waals surface area (Å²) in [6.07, 6.45) is 0. The van der Waals surface area contributed by atoms with Crippen molar-refractivity contribution in [2.75, 3.05) is 0 Å². The van der Waals surface area contributed by atoms with Crippen LogP contribution < -0.4 is 0 Å². The lowest BCUT2D eigenvalue weighted by molar-refractivity contribution is 0.436. The summed E-state index contributed by atoms with van der Waals surface area (Å²) < 4.78 is 13.7. The second kappa shape index (κ2) is 3.16. The summed E-state index contributed by atoms with van der Waals surface area (Å²) in [5.41, 5.74) is 0. The third kappa shape index (κ3) is 1.38. The Balaban J connectivity index is 2.76. The van der Waals surface area contributed by atoms with Crippen molar-refractivity contribution in [3.63, 3.8) is 0 Å². The van der Waals surface area contributed by atoms with Crippen molar-refractivity contribution in [2.45, 2.75) is 5.88 Å². The van der Waals surface area contributed by atoms with Crippen molar-refractivity contribution in [3.05, 3.63) is 28.9 Å². The Kier molecular flexibility index (Phi) is 2.14. The highest BCUT2D eigenvalue weighted by Gasteiger charge is 2.09. The number of thiophene rings is 1. The quantitative estimate of drug-likeness (QED) is 0.724. The van der Waals surface area contributed by atoms with Crippen molar-refractivity contribution >= 4 is 33.0 Å². The van der Waals surface area contributed by atoms with Crippen LogP contribution in [-0.2, 0) is 5.88 Å². The molecule has 0 radical (unpaired) electrons. The van der Waals surface area contributed by atoms with Gasteiger partial charge in [-0.25, -0.2) is 4.39 Å². The summed E-state index contributed by atoms with van der Waals surface area (Å²) in [4.78, 5) is 0.904. The standard InChI is InChI=1S/C9H6ClFOS/c10-4-6-3-5-1-2-7(12)8(11)9(5)13-6/h1-3,12H,4H2. The first-order chi connectivity index (χ1) is 6.22. The Morgan fingerprint density at radius 2 is 2.23 bits per heavy atom. The molecule has 0 bridgehead atoms. The van der Waals surface area contributed by atoms with E-state index in [1.165, 1.54) is 17.4 Å². The van der Waals surface area contributed by atoms with E-state index in [4.69, 9.17) is 16.7 Å². The molecule has 0 fully saturated rings. The van der Waals surface area contributed by atoms with E-state index in [2.05, 4.69) is 0 Å². The number of halogens is 2. The number of hydrogen-bond donors (Lipinski definition) is 1. The molecule has 0 aliphatic rings. The number of benzene rings is 1.